The van der Waals surface area contributed by atoms with Crippen molar-refractivity contribution in [3.05, 3.63) is 87.5 Å². The maximum absolute atomic E-state index is 9.46. The summed E-state index contributed by atoms with van der Waals surface area (Å²) in [6, 6.07) is 18.4. The van der Waals surface area contributed by atoms with Crippen LogP contribution in [-0.2, 0) is 6.42 Å². The first-order valence-corrected chi connectivity index (χ1v) is 9.16. The average Bonchev–Trinajstić information content (AvgIpc) is 3.16. The molecule has 0 aliphatic carbocycles. The van der Waals surface area contributed by atoms with Crippen molar-refractivity contribution in [3.63, 3.8) is 0 Å². The number of hydrogen-bond acceptors (Lipinski definition) is 4. The van der Waals surface area contributed by atoms with Gasteiger partial charge < -0.3 is 9.73 Å². The molecule has 0 saturated heterocycles. The first-order chi connectivity index (χ1) is 12.7. The van der Waals surface area contributed by atoms with Crippen molar-refractivity contribution in [2.75, 3.05) is 5.32 Å². The Kier molecular flexibility index (Phi) is 4.59. The summed E-state index contributed by atoms with van der Waals surface area (Å²) in [6.07, 6.45) is 5.89. The third kappa shape index (κ3) is 3.41. The number of fused-ring (bicyclic) bond motifs is 1. The highest BCUT2D eigenvalue weighted by molar-refractivity contribution is 14.1. The third-order valence-electron chi connectivity index (χ3n) is 4.16. The fourth-order valence-electron chi connectivity index (χ4n) is 2.87. The quantitative estimate of drug-likeness (QED) is 0.408. The van der Waals surface area contributed by atoms with Crippen LogP contribution in [0.4, 0.5) is 11.4 Å². The minimum absolute atomic E-state index is 0.529. The van der Waals surface area contributed by atoms with E-state index >= 15 is 0 Å². The molecule has 2 heterocycles. The van der Waals surface area contributed by atoms with E-state index in [4.69, 9.17) is 4.42 Å². The van der Waals surface area contributed by atoms with Crippen molar-refractivity contribution in [1.29, 1.82) is 5.26 Å². The van der Waals surface area contributed by atoms with Gasteiger partial charge in [-0.25, -0.2) is 0 Å². The summed E-state index contributed by atoms with van der Waals surface area (Å²) in [5, 5.41) is 13.8. The molecule has 0 fully saturated rings. The van der Waals surface area contributed by atoms with Crippen molar-refractivity contribution >= 4 is 44.9 Å². The Labute approximate surface area is 164 Å². The lowest BCUT2D eigenvalue weighted by atomic mass is 10.1. The number of nitriles is 1. The van der Waals surface area contributed by atoms with Crippen molar-refractivity contribution in [2.24, 2.45) is 0 Å². The first kappa shape index (κ1) is 16.6. The maximum atomic E-state index is 9.46. The molecule has 2 aromatic carbocycles. The SMILES string of the molecule is N#Cc1cnc2cc(I)ccc2c1Nc1ccc(Cc2ccoc2)cc1. The van der Waals surface area contributed by atoms with E-state index in [9.17, 15) is 5.26 Å². The van der Waals surface area contributed by atoms with Gasteiger partial charge in [0.1, 0.15) is 6.07 Å². The molecule has 1 N–H and O–H groups in total. The lowest BCUT2D eigenvalue weighted by molar-refractivity contribution is 0.564. The van der Waals surface area contributed by atoms with Gasteiger partial charge in [-0.2, -0.15) is 5.26 Å². The summed E-state index contributed by atoms with van der Waals surface area (Å²) < 4.78 is 6.23. The Morgan fingerprint density at radius 3 is 2.65 bits per heavy atom. The normalized spacial score (nSPS) is 10.6. The molecule has 0 aliphatic heterocycles. The van der Waals surface area contributed by atoms with Crippen LogP contribution < -0.4 is 5.32 Å². The van der Waals surface area contributed by atoms with Crippen LogP contribution in [-0.4, -0.2) is 4.98 Å². The molecular formula is C21H14IN3O. The predicted molar refractivity (Wildman–Crippen MR) is 110 cm³/mol. The summed E-state index contributed by atoms with van der Waals surface area (Å²) in [6.45, 7) is 0. The number of nitrogens with zero attached hydrogens (tertiary/aromatic N) is 2. The number of hydrogen-bond donors (Lipinski definition) is 1. The zero-order valence-corrected chi connectivity index (χ0v) is 15.9. The fourth-order valence-corrected chi connectivity index (χ4v) is 3.34. The van der Waals surface area contributed by atoms with Crippen LogP contribution in [0.15, 0.2) is 71.7 Å². The summed E-state index contributed by atoms with van der Waals surface area (Å²) in [5.74, 6) is 0. The number of nitrogens with one attached hydrogen (secondary N) is 1. The van der Waals surface area contributed by atoms with Crippen LogP contribution in [0.2, 0.25) is 0 Å². The van der Waals surface area contributed by atoms with E-state index in [1.807, 2.05) is 36.4 Å². The van der Waals surface area contributed by atoms with E-state index in [0.29, 0.717) is 5.56 Å². The van der Waals surface area contributed by atoms with Gasteiger partial charge in [0.25, 0.3) is 0 Å². The summed E-state index contributed by atoms with van der Waals surface area (Å²) in [5.41, 5.74) is 5.47. The second kappa shape index (κ2) is 7.18. The molecule has 0 atom stereocenters. The monoisotopic (exact) mass is 451 g/mol. The van der Waals surface area contributed by atoms with Gasteiger partial charge in [0.05, 0.1) is 29.3 Å². The van der Waals surface area contributed by atoms with E-state index < -0.39 is 0 Å². The predicted octanol–water partition coefficient (Wildman–Crippen LogP) is 5.64. The second-order valence-electron chi connectivity index (χ2n) is 5.95. The zero-order chi connectivity index (χ0) is 17.9. The molecule has 4 rings (SSSR count). The van der Waals surface area contributed by atoms with Crippen LogP contribution in [0.3, 0.4) is 0 Å². The van der Waals surface area contributed by atoms with Gasteiger partial charge in [-0.3, -0.25) is 4.98 Å². The first-order valence-electron chi connectivity index (χ1n) is 8.08. The summed E-state index contributed by atoms with van der Waals surface area (Å²) in [7, 11) is 0. The van der Waals surface area contributed by atoms with Gasteiger partial charge in [0, 0.05) is 27.3 Å². The Morgan fingerprint density at radius 1 is 1.08 bits per heavy atom. The number of halogens is 1. The molecular weight excluding hydrogens is 437 g/mol. The molecule has 0 aliphatic rings. The largest absolute Gasteiger partial charge is 0.472 e. The molecule has 5 heteroatoms. The average molecular weight is 451 g/mol. The van der Waals surface area contributed by atoms with E-state index in [1.54, 1.807) is 18.7 Å². The summed E-state index contributed by atoms with van der Waals surface area (Å²) in [4.78, 5) is 4.39. The van der Waals surface area contributed by atoms with Gasteiger partial charge in [-0.15, -0.1) is 0 Å². The van der Waals surface area contributed by atoms with Crippen molar-refractivity contribution in [3.8, 4) is 6.07 Å². The van der Waals surface area contributed by atoms with E-state index in [0.717, 1.165) is 37.8 Å². The highest BCUT2D eigenvalue weighted by Gasteiger charge is 2.10. The Bertz CT molecular complexity index is 1100. The topological polar surface area (TPSA) is 61.9 Å². The Hall–Kier alpha value is -2.85. The molecule has 26 heavy (non-hydrogen) atoms. The molecule has 0 unspecified atom stereocenters. The van der Waals surface area contributed by atoms with Crippen molar-refractivity contribution in [1.82, 2.24) is 4.98 Å². The standard InChI is InChI=1S/C21H14IN3O/c22-17-3-6-19-20(10-17)24-12-16(11-23)21(19)25-18-4-1-14(2-5-18)9-15-7-8-26-13-15/h1-8,10,12-13H,9H2,(H,24,25). The molecule has 0 saturated carbocycles. The number of pyridine rings is 1. The Balaban J connectivity index is 1.65. The number of aromatic nitrogens is 1. The lowest BCUT2D eigenvalue weighted by Gasteiger charge is -2.12. The van der Waals surface area contributed by atoms with E-state index in [-0.39, 0.29) is 0 Å². The molecule has 4 nitrogen and oxygen atoms in total. The third-order valence-corrected chi connectivity index (χ3v) is 4.83. The van der Waals surface area contributed by atoms with Gasteiger partial charge in [0.15, 0.2) is 0 Å². The van der Waals surface area contributed by atoms with Gasteiger partial charge in [0.2, 0.25) is 0 Å². The minimum atomic E-state index is 0.529. The van der Waals surface area contributed by atoms with E-state index in [1.165, 1.54) is 5.56 Å². The summed E-state index contributed by atoms with van der Waals surface area (Å²) >= 11 is 2.26. The number of benzene rings is 2. The maximum Gasteiger partial charge on any atom is 0.103 e. The number of rotatable bonds is 4. The second-order valence-corrected chi connectivity index (χ2v) is 7.20. The van der Waals surface area contributed by atoms with Crippen LogP contribution >= 0.6 is 22.6 Å². The number of anilines is 2. The molecule has 0 radical (unpaired) electrons. The minimum Gasteiger partial charge on any atom is -0.472 e. The molecule has 0 spiro atoms. The molecule has 126 valence electrons. The molecule has 4 aromatic rings. The highest BCUT2D eigenvalue weighted by atomic mass is 127. The zero-order valence-electron chi connectivity index (χ0n) is 13.7. The van der Waals surface area contributed by atoms with Gasteiger partial charge >= 0.3 is 0 Å². The molecule has 0 amide bonds. The van der Waals surface area contributed by atoms with Crippen LogP contribution in [0.5, 0.6) is 0 Å². The number of furan rings is 1. The van der Waals surface area contributed by atoms with E-state index in [2.05, 4.69) is 51.1 Å². The lowest BCUT2D eigenvalue weighted by Crippen LogP contribution is -1.97. The van der Waals surface area contributed by atoms with Crippen LogP contribution in [0.1, 0.15) is 16.7 Å². The van der Waals surface area contributed by atoms with Crippen molar-refractivity contribution < 1.29 is 4.42 Å². The van der Waals surface area contributed by atoms with Gasteiger partial charge in [-0.05, 0) is 70.1 Å². The van der Waals surface area contributed by atoms with Crippen molar-refractivity contribution in [2.45, 2.75) is 6.42 Å². The fraction of sp³-hybridized carbons (Fsp3) is 0.0476. The highest BCUT2D eigenvalue weighted by Crippen LogP contribution is 2.30. The van der Waals surface area contributed by atoms with Crippen LogP contribution in [0, 0.1) is 14.9 Å². The smallest absolute Gasteiger partial charge is 0.103 e. The van der Waals surface area contributed by atoms with Crippen LogP contribution in [0.25, 0.3) is 10.9 Å². The Morgan fingerprint density at radius 2 is 1.92 bits per heavy atom. The molecule has 0 bridgehead atoms. The molecule has 2 aromatic heterocycles. The van der Waals surface area contributed by atoms with Gasteiger partial charge in [-0.1, -0.05) is 12.1 Å².